The van der Waals surface area contributed by atoms with Crippen molar-refractivity contribution in [3.8, 4) is 11.3 Å². The number of amides is 1. The van der Waals surface area contributed by atoms with Crippen LogP contribution in [-0.4, -0.2) is 41.4 Å². The van der Waals surface area contributed by atoms with E-state index >= 15 is 0 Å². The SMILES string of the molecule is COC(=O)N1CCC[C@H]([C@@]23CC[C@@H](c4cc(-c5c(F)cccc5F)nnc42)C3(C)C)C1. The smallest absolute Gasteiger partial charge is 0.409 e. The fourth-order valence-corrected chi connectivity index (χ4v) is 6.81. The number of methoxy groups -OCH3 is 1. The number of halogens is 2. The van der Waals surface area contributed by atoms with Crippen molar-refractivity contribution in [2.75, 3.05) is 20.2 Å². The fraction of sp³-hybridized carbons (Fsp3) is 0.542. The number of likely N-dealkylation sites (tertiary alicyclic amines) is 1. The van der Waals surface area contributed by atoms with Crippen LogP contribution in [0, 0.1) is 23.0 Å². The van der Waals surface area contributed by atoms with Crippen molar-refractivity contribution in [2.24, 2.45) is 11.3 Å². The molecule has 31 heavy (non-hydrogen) atoms. The van der Waals surface area contributed by atoms with E-state index in [1.165, 1.54) is 25.3 Å². The number of hydrogen-bond acceptors (Lipinski definition) is 4. The molecule has 1 amide bonds. The fourth-order valence-electron chi connectivity index (χ4n) is 6.81. The summed E-state index contributed by atoms with van der Waals surface area (Å²) in [7, 11) is 1.42. The first kappa shape index (κ1) is 20.3. The van der Waals surface area contributed by atoms with Crippen LogP contribution in [0.3, 0.4) is 0 Å². The molecule has 2 aromatic rings. The van der Waals surface area contributed by atoms with E-state index in [9.17, 15) is 13.6 Å². The lowest BCUT2D eigenvalue weighted by atomic mass is 9.59. The highest BCUT2D eigenvalue weighted by atomic mass is 19.1. The Morgan fingerprint density at radius 3 is 2.65 bits per heavy atom. The Morgan fingerprint density at radius 2 is 1.94 bits per heavy atom. The molecule has 3 atom stereocenters. The Bertz CT molecular complexity index is 1040. The highest BCUT2D eigenvalue weighted by Gasteiger charge is 2.66. The molecule has 0 radical (unpaired) electrons. The zero-order chi connectivity index (χ0) is 22.0. The Kier molecular flexibility index (Phi) is 4.57. The molecule has 5 nitrogen and oxygen atoms in total. The van der Waals surface area contributed by atoms with Gasteiger partial charge < -0.3 is 9.64 Å². The van der Waals surface area contributed by atoms with Gasteiger partial charge >= 0.3 is 6.09 Å². The third kappa shape index (κ3) is 2.68. The van der Waals surface area contributed by atoms with Gasteiger partial charge in [0.15, 0.2) is 0 Å². The summed E-state index contributed by atoms with van der Waals surface area (Å²) < 4.78 is 33.8. The predicted molar refractivity (Wildman–Crippen MR) is 112 cm³/mol. The highest BCUT2D eigenvalue weighted by molar-refractivity contribution is 5.67. The first-order valence-corrected chi connectivity index (χ1v) is 11.0. The average Bonchev–Trinajstić information content (AvgIpc) is 3.14. The van der Waals surface area contributed by atoms with E-state index in [1.54, 1.807) is 4.90 Å². The van der Waals surface area contributed by atoms with Gasteiger partial charge in [-0.05, 0) is 66.7 Å². The van der Waals surface area contributed by atoms with Crippen LogP contribution in [0.15, 0.2) is 24.3 Å². The summed E-state index contributed by atoms with van der Waals surface area (Å²) >= 11 is 0. The van der Waals surface area contributed by atoms with Gasteiger partial charge in [-0.15, -0.1) is 0 Å². The number of rotatable bonds is 2. The number of nitrogens with zero attached hydrogens (tertiary/aromatic N) is 3. The van der Waals surface area contributed by atoms with E-state index < -0.39 is 11.6 Å². The molecular weight excluding hydrogens is 400 g/mol. The lowest BCUT2D eigenvalue weighted by Gasteiger charge is -2.47. The number of piperidine rings is 1. The van der Waals surface area contributed by atoms with E-state index in [0.29, 0.717) is 13.1 Å². The number of carbonyl (C=O) groups is 1. The van der Waals surface area contributed by atoms with E-state index in [2.05, 4.69) is 24.0 Å². The third-order valence-electron chi connectivity index (χ3n) is 8.24. The summed E-state index contributed by atoms with van der Waals surface area (Å²) in [6.45, 7) is 5.88. The number of hydrogen-bond donors (Lipinski definition) is 0. The number of fused-ring (bicyclic) bond motifs is 5. The lowest BCUT2D eigenvalue weighted by Crippen LogP contribution is -2.51. The number of aromatic nitrogens is 2. The second kappa shape index (κ2) is 6.97. The number of benzene rings is 1. The summed E-state index contributed by atoms with van der Waals surface area (Å²) in [5, 5.41) is 8.92. The van der Waals surface area contributed by atoms with Gasteiger partial charge in [-0.1, -0.05) is 19.9 Å². The van der Waals surface area contributed by atoms with Crippen molar-refractivity contribution < 1.29 is 18.3 Å². The van der Waals surface area contributed by atoms with Gasteiger partial charge in [0.25, 0.3) is 0 Å². The van der Waals surface area contributed by atoms with Gasteiger partial charge in [-0.25, -0.2) is 13.6 Å². The molecule has 1 aromatic heterocycles. The maximum Gasteiger partial charge on any atom is 0.409 e. The molecule has 164 valence electrons. The average molecular weight is 427 g/mol. The van der Waals surface area contributed by atoms with E-state index in [1.807, 2.05) is 6.07 Å². The molecule has 2 heterocycles. The topological polar surface area (TPSA) is 55.3 Å². The van der Waals surface area contributed by atoms with Crippen LogP contribution in [0.1, 0.15) is 56.7 Å². The largest absolute Gasteiger partial charge is 0.453 e. The minimum absolute atomic E-state index is 0.0831. The van der Waals surface area contributed by atoms with Crippen molar-refractivity contribution in [3.63, 3.8) is 0 Å². The Balaban J connectivity index is 1.60. The molecule has 2 aliphatic carbocycles. The second-order valence-electron chi connectivity index (χ2n) is 9.67. The third-order valence-corrected chi connectivity index (χ3v) is 8.24. The molecular formula is C24H27F2N3O2. The number of carbonyl (C=O) groups excluding carboxylic acids is 1. The Labute approximate surface area is 180 Å². The van der Waals surface area contributed by atoms with Crippen molar-refractivity contribution in [3.05, 3.63) is 47.2 Å². The molecule has 3 aliphatic rings. The van der Waals surface area contributed by atoms with Gasteiger partial charge in [-0.3, -0.25) is 0 Å². The highest BCUT2D eigenvalue weighted by Crippen LogP contribution is 2.70. The summed E-state index contributed by atoms with van der Waals surface area (Å²) in [5.41, 5.74) is 1.83. The molecule has 0 N–H and O–H groups in total. The Hall–Kier alpha value is -2.57. The van der Waals surface area contributed by atoms with Crippen LogP contribution in [0.4, 0.5) is 13.6 Å². The van der Waals surface area contributed by atoms with Gasteiger partial charge in [-0.2, -0.15) is 10.2 Å². The molecule has 1 saturated carbocycles. The van der Waals surface area contributed by atoms with Crippen LogP contribution >= 0.6 is 0 Å². The van der Waals surface area contributed by atoms with Crippen LogP contribution in [0.25, 0.3) is 11.3 Å². The molecule has 1 aliphatic heterocycles. The number of ether oxygens (including phenoxy) is 1. The van der Waals surface area contributed by atoms with Gasteiger partial charge in [0.05, 0.1) is 24.1 Å². The second-order valence-corrected chi connectivity index (χ2v) is 9.67. The first-order chi connectivity index (χ1) is 14.8. The van der Waals surface area contributed by atoms with Crippen molar-refractivity contribution in [1.82, 2.24) is 15.1 Å². The Morgan fingerprint density at radius 1 is 1.19 bits per heavy atom. The zero-order valence-corrected chi connectivity index (χ0v) is 18.1. The zero-order valence-electron chi connectivity index (χ0n) is 18.1. The van der Waals surface area contributed by atoms with Gasteiger partial charge in [0, 0.05) is 18.5 Å². The van der Waals surface area contributed by atoms with E-state index in [4.69, 9.17) is 4.74 Å². The summed E-state index contributed by atoms with van der Waals surface area (Å²) in [6.07, 6.45) is 3.62. The van der Waals surface area contributed by atoms with Crippen LogP contribution in [0.5, 0.6) is 0 Å². The van der Waals surface area contributed by atoms with Crippen LogP contribution in [0.2, 0.25) is 0 Å². The molecule has 2 fully saturated rings. The van der Waals surface area contributed by atoms with Gasteiger partial charge in [0.2, 0.25) is 0 Å². The molecule has 1 aromatic carbocycles. The monoisotopic (exact) mass is 427 g/mol. The molecule has 0 spiro atoms. The normalized spacial score (nSPS) is 28.5. The minimum Gasteiger partial charge on any atom is -0.453 e. The summed E-state index contributed by atoms with van der Waals surface area (Å²) in [5.74, 6) is -0.771. The molecule has 7 heteroatoms. The summed E-state index contributed by atoms with van der Waals surface area (Å²) in [4.78, 5) is 14.0. The van der Waals surface area contributed by atoms with Gasteiger partial charge in [0.1, 0.15) is 11.6 Å². The maximum atomic E-state index is 14.4. The van der Waals surface area contributed by atoms with Crippen LogP contribution in [-0.2, 0) is 10.2 Å². The van der Waals surface area contributed by atoms with Crippen LogP contribution < -0.4 is 0 Å². The molecule has 2 bridgehead atoms. The van der Waals surface area contributed by atoms with Crippen molar-refractivity contribution >= 4 is 6.09 Å². The minimum atomic E-state index is -0.632. The van der Waals surface area contributed by atoms with E-state index in [-0.39, 0.29) is 40.0 Å². The van der Waals surface area contributed by atoms with Crippen molar-refractivity contribution in [2.45, 2.75) is 50.9 Å². The quantitative estimate of drug-likeness (QED) is 0.673. The van der Waals surface area contributed by atoms with Crippen molar-refractivity contribution in [1.29, 1.82) is 0 Å². The maximum absolute atomic E-state index is 14.4. The molecule has 5 rings (SSSR count). The summed E-state index contributed by atoms with van der Waals surface area (Å²) in [6, 6.07) is 5.69. The molecule has 0 unspecified atom stereocenters. The predicted octanol–water partition coefficient (Wildman–Crippen LogP) is 5.06. The standard InChI is InChI=1S/C24H27F2N3O2/c1-23(2)16-9-10-24(23,14-6-5-11-29(13-14)22(30)31-3)21-15(16)12-19(27-28-21)20-17(25)7-4-8-18(20)26/h4,7-8,12,14,16H,5-6,9-11,13H2,1-3H3/t14-,16-,24-/m0/s1. The first-order valence-electron chi connectivity index (χ1n) is 11.0. The molecule has 1 saturated heterocycles. The lowest BCUT2D eigenvalue weighted by molar-refractivity contribution is 0.0490. The van der Waals surface area contributed by atoms with E-state index in [0.717, 1.165) is 36.9 Å².